The summed E-state index contributed by atoms with van der Waals surface area (Å²) in [5.74, 6) is -0.0744. The number of halogens is 2. The Labute approximate surface area is 176 Å². The van der Waals surface area contributed by atoms with E-state index in [2.05, 4.69) is 0 Å². The van der Waals surface area contributed by atoms with Crippen molar-refractivity contribution in [3.63, 3.8) is 0 Å². The molecule has 0 saturated carbocycles. The molecular formula is C20H16Cl2N2O3S. The summed E-state index contributed by atoms with van der Waals surface area (Å²) in [4.78, 5) is 39.6. The predicted octanol–water partition coefficient (Wildman–Crippen LogP) is 4.57. The van der Waals surface area contributed by atoms with Crippen molar-refractivity contribution in [2.45, 2.75) is 12.5 Å². The van der Waals surface area contributed by atoms with Crippen LogP contribution in [0.5, 0.6) is 0 Å². The van der Waals surface area contributed by atoms with Crippen LogP contribution in [0.15, 0.2) is 42.5 Å². The van der Waals surface area contributed by atoms with E-state index in [1.165, 1.54) is 4.90 Å². The maximum Gasteiger partial charge on any atom is 0.289 e. The minimum absolute atomic E-state index is 0.102. The third kappa shape index (κ3) is 3.64. The summed E-state index contributed by atoms with van der Waals surface area (Å²) < 4.78 is 0. The Bertz CT molecular complexity index is 948. The molecule has 0 radical (unpaired) electrons. The van der Waals surface area contributed by atoms with E-state index in [4.69, 9.17) is 23.2 Å². The van der Waals surface area contributed by atoms with Crippen LogP contribution in [-0.4, -0.2) is 51.7 Å². The third-order valence-corrected chi connectivity index (χ3v) is 6.56. The Morgan fingerprint density at radius 2 is 1.71 bits per heavy atom. The van der Waals surface area contributed by atoms with Crippen LogP contribution in [0.1, 0.15) is 16.8 Å². The monoisotopic (exact) mass is 434 g/mol. The lowest BCUT2D eigenvalue weighted by molar-refractivity contribution is -0.126. The largest absolute Gasteiger partial charge is 0.336 e. The van der Waals surface area contributed by atoms with Crippen LogP contribution in [0.2, 0.25) is 10.0 Å². The number of likely N-dealkylation sites (tertiary alicyclic amines) is 1. The second-order valence-electron chi connectivity index (χ2n) is 6.72. The highest BCUT2D eigenvalue weighted by Gasteiger charge is 2.40. The van der Waals surface area contributed by atoms with Gasteiger partial charge in [-0.1, -0.05) is 53.2 Å². The van der Waals surface area contributed by atoms with Crippen molar-refractivity contribution >= 4 is 52.0 Å². The Balaban J connectivity index is 1.46. The number of thioether (sulfide) groups is 1. The zero-order valence-electron chi connectivity index (χ0n) is 14.7. The number of benzene rings is 2. The van der Waals surface area contributed by atoms with Crippen molar-refractivity contribution in [1.29, 1.82) is 0 Å². The van der Waals surface area contributed by atoms with E-state index in [0.29, 0.717) is 35.1 Å². The highest BCUT2D eigenvalue weighted by atomic mass is 35.5. The number of rotatable bonds is 3. The molecule has 2 aromatic rings. The standard InChI is InChI=1S/C20H16Cl2N2O3S/c21-16-6-5-14(9-17(16)22)12-1-3-13(4-2-12)19(26)23-8-7-15(10-23)24-18(25)11-28-20(24)27/h1-6,9,15H,7-8,10-11H2. The minimum atomic E-state index is -0.227. The summed E-state index contributed by atoms with van der Waals surface area (Å²) in [6.07, 6.45) is 0.616. The van der Waals surface area contributed by atoms with Gasteiger partial charge in [0.05, 0.1) is 21.8 Å². The zero-order chi connectivity index (χ0) is 19.8. The molecule has 0 aromatic heterocycles. The van der Waals surface area contributed by atoms with Crippen LogP contribution in [0.4, 0.5) is 4.79 Å². The molecule has 2 heterocycles. The van der Waals surface area contributed by atoms with Crippen LogP contribution < -0.4 is 0 Å². The zero-order valence-corrected chi connectivity index (χ0v) is 17.1. The molecule has 28 heavy (non-hydrogen) atoms. The smallest absolute Gasteiger partial charge is 0.289 e. The maximum atomic E-state index is 12.8. The van der Waals surface area contributed by atoms with Crippen molar-refractivity contribution in [3.8, 4) is 11.1 Å². The molecule has 0 aliphatic carbocycles. The van der Waals surface area contributed by atoms with E-state index >= 15 is 0 Å². The van der Waals surface area contributed by atoms with Crippen LogP contribution in [0.25, 0.3) is 11.1 Å². The maximum absolute atomic E-state index is 12.8. The van der Waals surface area contributed by atoms with Crippen molar-refractivity contribution in [3.05, 3.63) is 58.1 Å². The number of nitrogens with zero attached hydrogens (tertiary/aromatic N) is 2. The molecule has 5 nitrogen and oxygen atoms in total. The fourth-order valence-electron chi connectivity index (χ4n) is 3.52. The fraction of sp³-hybridized carbons (Fsp3) is 0.250. The normalized spacial score (nSPS) is 19.6. The Kier molecular flexibility index (Phi) is 5.36. The van der Waals surface area contributed by atoms with Gasteiger partial charge in [-0.05, 0) is 41.8 Å². The van der Waals surface area contributed by atoms with Gasteiger partial charge in [0.1, 0.15) is 0 Å². The molecule has 144 valence electrons. The molecule has 0 spiro atoms. The predicted molar refractivity (Wildman–Crippen MR) is 111 cm³/mol. The third-order valence-electron chi connectivity index (χ3n) is 4.99. The van der Waals surface area contributed by atoms with Crippen LogP contribution in [0, 0.1) is 0 Å². The molecule has 2 aliphatic rings. The number of hydrogen-bond donors (Lipinski definition) is 0. The van der Waals surface area contributed by atoms with Gasteiger partial charge >= 0.3 is 0 Å². The first-order valence-corrected chi connectivity index (χ1v) is 10.5. The van der Waals surface area contributed by atoms with Crippen molar-refractivity contribution in [2.75, 3.05) is 18.8 Å². The minimum Gasteiger partial charge on any atom is -0.336 e. The van der Waals surface area contributed by atoms with Crippen LogP contribution in [-0.2, 0) is 4.79 Å². The molecule has 2 aliphatic heterocycles. The van der Waals surface area contributed by atoms with E-state index in [1.807, 2.05) is 18.2 Å². The highest BCUT2D eigenvalue weighted by Crippen LogP contribution is 2.30. The van der Waals surface area contributed by atoms with Crippen LogP contribution in [0.3, 0.4) is 0 Å². The topological polar surface area (TPSA) is 57.7 Å². The van der Waals surface area contributed by atoms with E-state index in [1.54, 1.807) is 29.2 Å². The first-order valence-electron chi connectivity index (χ1n) is 8.77. The number of carbonyl (C=O) groups is 3. The average Bonchev–Trinajstić information content (AvgIpc) is 3.30. The second kappa shape index (κ2) is 7.78. The van der Waals surface area contributed by atoms with E-state index in [-0.39, 0.29) is 28.8 Å². The first-order chi connectivity index (χ1) is 13.4. The quantitative estimate of drug-likeness (QED) is 0.709. The lowest BCUT2D eigenvalue weighted by Crippen LogP contribution is -2.41. The van der Waals surface area contributed by atoms with Gasteiger partial charge in [0.2, 0.25) is 5.91 Å². The molecule has 2 aromatic carbocycles. The molecule has 2 saturated heterocycles. The van der Waals surface area contributed by atoms with E-state index in [9.17, 15) is 14.4 Å². The number of carbonyl (C=O) groups excluding carboxylic acids is 3. The SMILES string of the molecule is O=C(c1ccc(-c2ccc(Cl)c(Cl)c2)cc1)N1CCC(N2C(=O)CSC2=O)C1. The summed E-state index contributed by atoms with van der Waals surface area (Å²) >= 11 is 13.1. The molecule has 1 unspecified atom stereocenters. The molecule has 2 fully saturated rings. The number of hydrogen-bond acceptors (Lipinski definition) is 4. The Morgan fingerprint density at radius 1 is 1.00 bits per heavy atom. The highest BCUT2D eigenvalue weighted by molar-refractivity contribution is 8.14. The van der Waals surface area contributed by atoms with E-state index < -0.39 is 0 Å². The van der Waals surface area contributed by atoms with Gasteiger partial charge in [-0.2, -0.15) is 0 Å². The average molecular weight is 435 g/mol. The summed E-state index contributed by atoms with van der Waals surface area (Å²) in [6.45, 7) is 0.908. The molecule has 3 amide bonds. The Hall–Kier alpha value is -2.02. The fourth-order valence-corrected chi connectivity index (χ4v) is 4.59. The lowest BCUT2D eigenvalue weighted by Gasteiger charge is -2.22. The van der Waals surface area contributed by atoms with Gasteiger partial charge in [0, 0.05) is 18.7 Å². The van der Waals surface area contributed by atoms with Gasteiger partial charge in [-0.15, -0.1) is 0 Å². The summed E-state index contributed by atoms with van der Waals surface area (Å²) in [5, 5.41) is 0.760. The van der Waals surface area contributed by atoms with Crippen LogP contribution >= 0.6 is 35.0 Å². The van der Waals surface area contributed by atoms with Gasteiger partial charge in [-0.25, -0.2) is 0 Å². The van der Waals surface area contributed by atoms with Crippen molar-refractivity contribution in [1.82, 2.24) is 9.80 Å². The molecule has 0 N–H and O–H groups in total. The molecular weight excluding hydrogens is 419 g/mol. The van der Waals surface area contributed by atoms with Gasteiger partial charge in [-0.3, -0.25) is 19.3 Å². The van der Waals surface area contributed by atoms with Crippen molar-refractivity contribution < 1.29 is 14.4 Å². The lowest BCUT2D eigenvalue weighted by atomic mass is 10.0. The Morgan fingerprint density at radius 3 is 2.36 bits per heavy atom. The molecule has 1 atom stereocenters. The van der Waals surface area contributed by atoms with Crippen molar-refractivity contribution in [2.24, 2.45) is 0 Å². The first kappa shape index (κ1) is 19.3. The number of amides is 3. The molecule has 0 bridgehead atoms. The number of imide groups is 1. The summed E-state index contributed by atoms with van der Waals surface area (Å²) in [5.41, 5.74) is 2.41. The van der Waals surface area contributed by atoms with Gasteiger partial charge < -0.3 is 4.90 Å². The molecule has 8 heteroatoms. The summed E-state index contributed by atoms with van der Waals surface area (Å²) in [7, 11) is 0. The summed E-state index contributed by atoms with van der Waals surface area (Å²) in [6, 6.07) is 12.4. The van der Waals surface area contributed by atoms with Gasteiger partial charge in [0.25, 0.3) is 11.1 Å². The van der Waals surface area contributed by atoms with E-state index in [0.717, 1.165) is 22.9 Å². The van der Waals surface area contributed by atoms with Gasteiger partial charge in [0.15, 0.2) is 0 Å². The second-order valence-corrected chi connectivity index (χ2v) is 8.46. The molecule has 4 rings (SSSR count).